The lowest BCUT2D eigenvalue weighted by molar-refractivity contribution is 0.102. The van der Waals surface area contributed by atoms with Gasteiger partial charge in [-0.1, -0.05) is 48.0 Å². The molecule has 1 unspecified atom stereocenters. The molecule has 2 heterocycles. The van der Waals surface area contributed by atoms with Crippen molar-refractivity contribution in [3.8, 4) is 0 Å². The van der Waals surface area contributed by atoms with Gasteiger partial charge in [-0.3, -0.25) is 14.8 Å². The standard InChI is InChI=1S/C21H22N4O/c1-14-8-10-17(11-9-14)21(26)22-20-18-12-25(13-19(18)23-24-20)15(2)16-6-4-3-5-7-16/h3-11,15H,12-13H2,1-2H3,(H2,22,23,24,26). The summed E-state index contributed by atoms with van der Waals surface area (Å²) in [6, 6.07) is 18.3. The van der Waals surface area contributed by atoms with E-state index < -0.39 is 0 Å². The number of H-pyrrole nitrogens is 1. The van der Waals surface area contributed by atoms with Crippen molar-refractivity contribution in [2.75, 3.05) is 5.32 Å². The van der Waals surface area contributed by atoms with Gasteiger partial charge in [0.2, 0.25) is 0 Å². The van der Waals surface area contributed by atoms with Crippen LogP contribution in [0.1, 0.15) is 45.7 Å². The van der Waals surface area contributed by atoms with Gasteiger partial charge in [-0.15, -0.1) is 0 Å². The summed E-state index contributed by atoms with van der Waals surface area (Å²) in [5.41, 5.74) is 5.15. The molecule has 0 saturated heterocycles. The first kappa shape index (κ1) is 16.5. The Bertz CT molecular complexity index is 915. The fraction of sp³-hybridized carbons (Fsp3) is 0.238. The molecule has 0 radical (unpaired) electrons. The second kappa shape index (κ2) is 6.77. The monoisotopic (exact) mass is 346 g/mol. The van der Waals surface area contributed by atoms with Crippen LogP contribution in [0.25, 0.3) is 0 Å². The summed E-state index contributed by atoms with van der Waals surface area (Å²) in [5, 5.41) is 10.4. The average Bonchev–Trinajstić information content (AvgIpc) is 3.24. The topological polar surface area (TPSA) is 61.0 Å². The minimum atomic E-state index is -0.119. The number of hydrogen-bond acceptors (Lipinski definition) is 3. The normalized spacial score (nSPS) is 14.8. The van der Waals surface area contributed by atoms with E-state index in [1.165, 1.54) is 5.56 Å². The van der Waals surface area contributed by atoms with E-state index >= 15 is 0 Å². The maximum atomic E-state index is 12.5. The number of aromatic nitrogens is 2. The summed E-state index contributed by atoms with van der Waals surface area (Å²) in [7, 11) is 0. The van der Waals surface area contributed by atoms with Crippen molar-refractivity contribution in [1.29, 1.82) is 0 Å². The Balaban J connectivity index is 1.48. The molecular weight excluding hydrogens is 324 g/mol. The van der Waals surface area contributed by atoms with Gasteiger partial charge in [0, 0.05) is 30.3 Å². The van der Waals surface area contributed by atoms with Crippen molar-refractivity contribution in [3.05, 3.63) is 82.5 Å². The molecule has 1 aliphatic heterocycles. The highest BCUT2D eigenvalue weighted by molar-refractivity contribution is 6.04. The molecule has 1 aromatic heterocycles. The predicted molar refractivity (Wildman–Crippen MR) is 102 cm³/mol. The Morgan fingerprint density at radius 3 is 2.58 bits per heavy atom. The lowest BCUT2D eigenvalue weighted by atomic mass is 10.1. The molecule has 5 heteroatoms. The van der Waals surface area contributed by atoms with E-state index in [1.807, 2.05) is 37.3 Å². The zero-order valence-corrected chi connectivity index (χ0v) is 15.0. The van der Waals surface area contributed by atoms with E-state index in [4.69, 9.17) is 0 Å². The summed E-state index contributed by atoms with van der Waals surface area (Å²) < 4.78 is 0. The maximum absolute atomic E-state index is 12.5. The van der Waals surface area contributed by atoms with Gasteiger partial charge < -0.3 is 5.32 Å². The minimum Gasteiger partial charge on any atom is -0.307 e. The quantitative estimate of drug-likeness (QED) is 0.749. The maximum Gasteiger partial charge on any atom is 0.256 e. The molecule has 1 amide bonds. The van der Waals surface area contributed by atoms with Crippen molar-refractivity contribution in [2.24, 2.45) is 0 Å². The molecule has 26 heavy (non-hydrogen) atoms. The van der Waals surface area contributed by atoms with Crippen LogP contribution in [0.4, 0.5) is 5.82 Å². The summed E-state index contributed by atoms with van der Waals surface area (Å²) in [6.45, 7) is 5.76. The van der Waals surface area contributed by atoms with Crippen LogP contribution in [0.15, 0.2) is 54.6 Å². The number of benzene rings is 2. The van der Waals surface area contributed by atoms with E-state index in [9.17, 15) is 4.79 Å². The second-order valence-electron chi connectivity index (χ2n) is 6.84. The van der Waals surface area contributed by atoms with Crippen molar-refractivity contribution < 1.29 is 4.79 Å². The van der Waals surface area contributed by atoms with Crippen LogP contribution in [-0.2, 0) is 13.1 Å². The molecule has 2 aromatic carbocycles. The molecule has 1 aliphatic rings. The Kier molecular flexibility index (Phi) is 4.31. The number of hydrogen-bond donors (Lipinski definition) is 2. The molecule has 0 spiro atoms. The third-order valence-electron chi connectivity index (χ3n) is 5.05. The van der Waals surface area contributed by atoms with Crippen LogP contribution >= 0.6 is 0 Å². The molecule has 0 bridgehead atoms. The predicted octanol–water partition coefficient (Wildman–Crippen LogP) is 4.05. The highest BCUT2D eigenvalue weighted by Crippen LogP contribution is 2.33. The fourth-order valence-corrected chi connectivity index (χ4v) is 3.37. The van der Waals surface area contributed by atoms with Crippen LogP contribution in [0.5, 0.6) is 0 Å². The Morgan fingerprint density at radius 2 is 1.85 bits per heavy atom. The van der Waals surface area contributed by atoms with E-state index in [0.29, 0.717) is 17.4 Å². The third-order valence-corrected chi connectivity index (χ3v) is 5.05. The number of aryl methyl sites for hydroxylation is 1. The van der Waals surface area contributed by atoms with Gasteiger partial charge in [0.25, 0.3) is 5.91 Å². The van der Waals surface area contributed by atoms with Crippen LogP contribution in [-0.4, -0.2) is 21.0 Å². The highest BCUT2D eigenvalue weighted by atomic mass is 16.1. The number of carbonyl (C=O) groups excluding carboxylic acids is 1. The summed E-state index contributed by atoms with van der Waals surface area (Å²) in [5.74, 6) is 0.583. The summed E-state index contributed by atoms with van der Waals surface area (Å²) in [4.78, 5) is 14.9. The first-order valence-corrected chi connectivity index (χ1v) is 8.85. The van der Waals surface area contributed by atoms with Gasteiger partial charge in [-0.2, -0.15) is 5.10 Å². The van der Waals surface area contributed by atoms with E-state index in [0.717, 1.165) is 29.9 Å². The molecule has 0 fully saturated rings. The second-order valence-corrected chi connectivity index (χ2v) is 6.84. The number of anilines is 1. The average molecular weight is 346 g/mol. The van der Waals surface area contributed by atoms with Gasteiger partial charge in [0.15, 0.2) is 0 Å². The molecular formula is C21H22N4O. The van der Waals surface area contributed by atoms with Crippen molar-refractivity contribution >= 4 is 11.7 Å². The number of nitrogens with one attached hydrogen (secondary N) is 2. The molecule has 3 aromatic rings. The van der Waals surface area contributed by atoms with E-state index in [2.05, 4.69) is 51.6 Å². The van der Waals surface area contributed by atoms with Gasteiger partial charge in [0.1, 0.15) is 5.82 Å². The zero-order valence-electron chi connectivity index (χ0n) is 15.0. The Hall–Kier alpha value is -2.92. The van der Waals surface area contributed by atoms with Gasteiger partial charge >= 0.3 is 0 Å². The molecule has 5 nitrogen and oxygen atoms in total. The SMILES string of the molecule is Cc1ccc(C(=O)Nc2[nH]nc3c2CN(C(C)c2ccccc2)C3)cc1. The van der Waals surface area contributed by atoms with E-state index in [1.54, 1.807) is 0 Å². The van der Waals surface area contributed by atoms with Crippen LogP contribution in [0.2, 0.25) is 0 Å². The minimum absolute atomic E-state index is 0.119. The molecule has 132 valence electrons. The first-order chi connectivity index (χ1) is 12.6. The summed E-state index contributed by atoms with van der Waals surface area (Å²) in [6.07, 6.45) is 0. The van der Waals surface area contributed by atoms with Crippen molar-refractivity contribution in [1.82, 2.24) is 15.1 Å². The molecule has 1 atom stereocenters. The number of carbonyl (C=O) groups is 1. The van der Waals surface area contributed by atoms with Crippen LogP contribution < -0.4 is 5.32 Å². The number of aromatic amines is 1. The molecule has 0 aliphatic carbocycles. The van der Waals surface area contributed by atoms with Gasteiger partial charge in [-0.25, -0.2) is 0 Å². The Morgan fingerprint density at radius 1 is 1.12 bits per heavy atom. The lowest BCUT2D eigenvalue weighted by Gasteiger charge is -2.24. The van der Waals surface area contributed by atoms with Gasteiger partial charge in [0.05, 0.1) is 5.69 Å². The van der Waals surface area contributed by atoms with Crippen LogP contribution in [0.3, 0.4) is 0 Å². The molecule has 0 saturated carbocycles. The third kappa shape index (κ3) is 3.13. The van der Waals surface area contributed by atoms with Crippen molar-refractivity contribution in [3.63, 3.8) is 0 Å². The molecule has 2 N–H and O–H groups in total. The summed E-state index contributed by atoms with van der Waals surface area (Å²) >= 11 is 0. The number of rotatable bonds is 4. The zero-order chi connectivity index (χ0) is 18.1. The fourth-order valence-electron chi connectivity index (χ4n) is 3.37. The molecule has 4 rings (SSSR count). The lowest BCUT2D eigenvalue weighted by Crippen LogP contribution is -2.22. The first-order valence-electron chi connectivity index (χ1n) is 8.85. The van der Waals surface area contributed by atoms with E-state index in [-0.39, 0.29) is 5.91 Å². The smallest absolute Gasteiger partial charge is 0.256 e. The van der Waals surface area contributed by atoms with Gasteiger partial charge in [-0.05, 0) is 31.5 Å². The van der Waals surface area contributed by atoms with Crippen molar-refractivity contribution in [2.45, 2.75) is 33.0 Å². The number of fused-ring (bicyclic) bond motifs is 1. The highest BCUT2D eigenvalue weighted by Gasteiger charge is 2.29. The largest absolute Gasteiger partial charge is 0.307 e. The van der Waals surface area contributed by atoms with Crippen LogP contribution in [0, 0.1) is 6.92 Å². The number of amides is 1. The number of nitrogens with zero attached hydrogens (tertiary/aromatic N) is 2. The Labute approximate surface area is 153 Å².